The van der Waals surface area contributed by atoms with Crippen LogP contribution in [0.25, 0.3) is 0 Å². The summed E-state index contributed by atoms with van der Waals surface area (Å²) in [5, 5.41) is 2.44. The van der Waals surface area contributed by atoms with Crippen molar-refractivity contribution in [3.63, 3.8) is 0 Å². The van der Waals surface area contributed by atoms with E-state index in [9.17, 15) is 17.6 Å². The third-order valence-corrected chi connectivity index (χ3v) is 3.56. The molecule has 0 bridgehead atoms. The van der Waals surface area contributed by atoms with Crippen LogP contribution in [0.5, 0.6) is 0 Å². The molecule has 1 aromatic rings. The van der Waals surface area contributed by atoms with Gasteiger partial charge in [0.1, 0.15) is 5.82 Å². The van der Waals surface area contributed by atoms with Gasteiger partial charge in [-0.1, -0.05) is 6.08 Å². The fraction of sp³-hybridized carbons (Fsp3) is 0.250. The predicted octanol–water partition coefficient (Wildman–Crippen LogP) is 0.661. The van der Waals surface area contributed by atoms with Gasteiger partial charge >= 0.3 is 0 Å². The number of halogens is 1. The Balaban J connectivity index is 2.43. The summed E-state index contributed by atoms with van der Waals surface area (Å²) >= 11 is 0. The molecule has 7 heteroatoms. The van der Waals surface area contributed by atoms with Gasteiger partial charge in [0.25, 0.3) is 5.91 Å². The molecular weight excluding hydrogens is 271 g/mol. The van der Waals surface area contributed by atoms with Gasteiger partial charge in [0.15, 0.2) is 0 Å². The van der Waals surface area contributed by atoms with E-state index in [-0.39, 0.29) is 24.4 Å². The molecule has 0 aliphatic carbocycles. The van der Waals surface area contributed by atoms with Crippen LogP contribution in [0.15, 0.2) is 36.9 Å². The lowest BCUT2D eigenvalue weighted by molar-refractivity contribution is 0.0956. The van der Waals surface area contributed by atoms with Crippen LogP contribution in [-0.2, 0) is 10.0 Å². The summed E-state index contributed by atoms with van der Waals surface area (Å²) in [7, 11) is -3.42. The number of nitrogens with one attached hydrogen (secondary N) is 2. The van der Waals surface area contributed by atoms with Gasteiger partial charge in [-0.2, -0.15) is 0 Å². The zero-order valence-electron chi connectivity index (χ0n) is 10.2. The summed E-state index contributed by atoms with van der Waals surface area (Å²) in [4.78, 5) is 11.6. The summed E-state index contributed by atoms with van der Waals surface area (Å²) in [5.74, 6) is -1.11. The van der Waals surface area contributed by atoms with Crippen LogP contribution in [0.4, 0.5) is 4.39 Å². The first-order chi connectivity index (χ1) is 8.94. The molecule has 1 aromatic carbocycles. The van der Waals surface area contributed by atoms with E-state index in [4.69, 9.17) is 0 Å². The van der Waals surface area contributed by atoms with Crippen LogP contribution in [-0.4, -0.2) is 33.2 Å². The monoisotopic (exact) mass is 286 g/mol. The summed E-state index contributed by atoms with van der Waals surface area (Å²) in [6.07, 6.45) is 1.43. The normalized spacial score (nSPS) is 11.0. The SMILES string of the molecule is C=CCNS(=O)(=O)CCNC(=O)c1ccc(F)cc1. The largest absolute Gasteiger partial charge is 0.351 e. The van der Waals surface area contributed by atoms with E-state index in [1.807, 2.05) is 0 Å². The van der Waals surface area contributed by atoms with E-state index in [0.717, 1.165) is 12.1 Å². The highest BCUT2D eigenvalue weighted by Gasteiger charge is 2.10. The maximum absolute atomic E-state index is 12.6. The van der Waals surface area contributed by atoms with Crippen molar-refractivity contribution in [1.82, 2.24) is 10.0 Å². The first-order valence-corrected chi connectivity index (χ1v) is 7.22. The Kier molecular flexibility index (Phi) is 5.65. The van der Waals surface area contributed by atoms with Gasteiger partial charge in [0.2, 0.25) is 10.0 Å². The quantitative estimate of drug-likeness (QED) is 0.723. The molecule has 0 aromatic heterocycles. The highest BCUT2D eigenvalue weighted by Crippen LogP contribution is 2.02. The number of hydrogen-bond donors (Lipinski definition) is 2. The van der Waals surface area contributed by atoms with Gasteiger partial charge in [-0.3, -0.25) is 4.79 Å². The minimum atomic E-state index is -3.42. The highest BCUT2D eigenvalue weighted by atomic mass is 32.2. The van der Waals surface area contributed by atoms with Crippen molar-refractivity contribution in [3.05, 3.63) is 48.3 Å². The molecule has 2 N–H and O–H groups in total. The Morgan fingerprint density at radius 3 is 2.53 bits per heavy atom. The highest BCUT2D eigenvalue weighted by molar-refractivity contribution is 7.89. The lowest BCUT2D eigenvalue weighted by Gasteiger charge is -2.06. The molecule has 0 unspecified atom stereocenters. The molecule has 0 fully saturated rings. The second-order valence-electron chi connectivity index (χ2n) is 3.72. The van der Waals surface area contributed by atoms with Crippen molar-refractivity contribution in [2.24, 2.45) is 0 Å². The standard InChI is InChI=1S/C12H15FN2O3S/c1-2-7-15-19(17,18)9-8-14-12(16)10-3-5-11(13)6-4-10/h2-6,15H,1,7-9H2,(H,14,16). The number of rotatable bonds is 7. The van der Waals surface area contributed by atoms with Gasteiger partial charge < -0.3 is 5.32 Å². The van der Waals surface area contributed by atoms with Crippen molar-refractivity contribution in [1.29, 1.82) is 0 Å². The van der Waals surface area contributed by atoms with Crippen molar-refractivity contribution in [3.8, 4) is 0 Å². The molecule has 0 radical (unpaired) electrons. The lowest BCUT2D eigenvalue weighted by Crippen LogP contribution is -2.34. The summed E-state index contributed by atoms with van der Waals surface area (Å²) in [5.41, 5.74) is 0.276. The second-order valence-corrected chi connectivity index (χ2v) is 5.65. The Morgan fingerprint density at radius 1 is 1.32 bits per heavy atom. The Morgan fingerprint density at radius 2 is 1.95 bits per heavy atom. The fourth-order valence-electron chi connectivity index (χ4n) is 1.26. The molecule has 19 heavy (non-hydrogen) atoms. The molecule has 1 amide bonds. The molecule has 104 valence electrons. The molecule has 0 aliphatic heterocycles. The lowest BCUT2D eigenvalue weighted by atomic mass is 10.2. The average molecular weight is 286 g/mol. The second kappa shape index (κ2) is 7.01. The molecule has 0 aliphatic rings. The third kappa shape index (κ3) is 5.62. The van der Waals surface area contributed by atoms with Crippen molar-refractivity contribution in [2.75, 3.05) is 18.8 Å². The van der Waals surface area contributed by atoms with E-state index < -0.39 is 21.7 Å². The van der Waals surface area contributed by atoms with Crippen molar-refractivity contribution >= 4 is 15.9 Å². The maximum Gasteiger partial charge on any atom is 0.251 e. The van der Waals surface area contributed by atoms with E-state index in [1.165, 1.54) is 18.2 Å². The maximum atomic E-state index is 12.6. The topological polar surface area (TPSA) is 75.3 Å². The zero-order valence-corrected chi connectivity index (χ0v) is 11.0. The van der Waals surface area contributed by atoms with Gasteiger partial charge in [0.05, 0.1) is 5.75 Å². The van der Waals surface area contributed by atoms with Crippen molar-refractivity contribution in [2.45, 2.75) is 0 Å². The van der Waals surface area contributed by atoms with E-state index >= 15 is 0 Å². The minimum absolute atomic E-state index is 0.0251. The third-order valence-electron chi connectivity index (χ3n) is 2.21. The average Bonchev–Trinajstić information content (AvgIpc) is 2.37. The van der Waals surface area contributed by atoms with E-state index in [1.54, 1.807) is 0 Å². The number of sulfonamides is 1. The fourth-order valence-corrected chi connectivity index (χ4v) is 2.15. The van der Waals surface area contributed by atoms with Crippen molar-refractivity contribution < 1.29 is 17.6 Å². The Hall–Kier alpha value is -1.73. The van der Waals surface area contributed by atoms with Crippen LogP contribution >= 0.6 is 0 Å². The van der Waals surface area contributed by atoms with Gasteiger partial charge in [0, 0.05) is 18.7 Å². The Labute approximate surface area is 111 Å². The van der Waals surface area contributed by atoms with Crippen LogP contribution in [0.3, 0.4) is 0 Å². The van der Waals surface area contributed by atoms with E-state index in [0.29, 0.717) is 0 Å². The minimum Gasteiger partial charge on any atom is -0.351 e. The van der Waals surface area contributed by atoms with Crippen LogP contribution in [0, 0.1) is 5.82 Å². The zero-order chi connectivity index (χ0) is 14.3. The van der Waals surface area contributed by atoms with Gasteiger partial charge in [-0.15, -0.1) is 6.58 Å². The molecular formula is C12H15FN2O3S. The number of carbonyl (C=O) groups is 1. The van der Waals surface area contributed by atoms with Crippen LogP contribution in [0.1, 0.15) is 10.4 Å². The van der Waals surface area contributed by atoms with E-state index in [2.05, 4.69) is 16.6 Å². The molecule has 1 rings (SSSR count). The van der Waals surface area contributed by atoms with Crippen LogP contribution < -0.4 is 10.0 Å². The van der Waals surface area contributed by atoms with Gasteiger partial charge in [-0.25, -0.2) is 17.5 Å². The summed E-state index contributed by atoms with van der Waals surface area (Å²) in [6.45, 7) is 3.51. The first-order valence-electron chi connectivity index (χ1n) is 5.56. The number of hydrogen-bond acceptors (Lipinski definition) is 3. The van der Waals surface area contributed by atoms with Gasteiger partial charge in [-0.05, 0) is 24.3 Å². The summed E-state index contributed by atoms with van der Waals surface area (Å²) < 4.78 is 37.7. The smallest absolute Gasteiger partial charge is 0.251 e. The Bertz CT molecular complexity index is 541. The van der Waals surface area contributed by atoms with Crippen LogP contribution in [0.2, 0.25) is 0 Å². The number of amides is 1. The first kappa shape index (κ1) is 15.3. The number of carbonyl (C=O) groups excluding carboxylic acids is 1. The summed E-state index contributed by atoms with van der Waals surface area (Å²) in [6, 6.07) is 4.98. The molecule has 0 saturated carbocycles. The molecule has 5 nitrogen and oxygen atoms in total. The molecule has 0 spiro atoms. The molecule has 0 heterocycles. The predicted molar refractivity (Wildman–Crippen MR) is 70.7 cm³/mol. The number of benzene rings is 1. The molecule has 0 atom stereocenters. The molecule has 0 saturated heterocycles.